The van der Waals surface area contributed by atoms with Gasteiger partial charge in [-0.1, -0.05) is 12.1 Å². The van der Waals surface area contributed by atoms with E-state index in [1.807, 2.05) is 12.1 Å². The molecule has 2 heterocycles. The molecule has 24 heavy (non-hydrogen) atoms. The van der Waals surface area contributed by atoms with Gasteiger partial charge in [-0.15, -0.1) is 11.8 Å². The average molecular weight is 342 g/mol. The first-order valence-electron chi connectivity index (χ1n) is 7.97. The number of pyridine rings is 1. The van der Waals surface area contributed by atoms with Gasteiger partial charge >= 0.3 is 0 Å². The number of nitrogens with zero attached hydrogens (tertiary/aromatic N) is 4. The molecule has 0 N–H and O–H groups in total. The molecule has 0 unspecified atom stereocenters. The van der Waals surface area contributed by atoms with Gasteiger partial charge in [0.05, 0.1) is 5.56 Å². The summed E-state index contributed by atoms with van der Waals surface area (Å²) in [6.07, 6.45) is 1.73. The fourth-order valence-corrected chi connectivity index (χ4v) is 3.72. The van der Waals surface area contributed by atoms with E-state index in [-0.39, 0.29) is 5.82 Å². The smallest absolute Gasteiger partial charge is 0.146 e. The number of anilines is 1. The van der Waals surface area contributed by atoms with Gasteiger partial charge in [-0.3, -0.25) is 4.90 Å². The van der Waals surface area contributed by atoms with Gasteiger partial charge in [0.1, 0.15) is 17.7 Å². The lowest BCUT2D eigenvalue weighted by Crippen LogP contribution is -2.47. The van der Waals surface area contributed by atoms with Gasteiger partial charge in [0.25, 0.3) is 0 Å². The molecule has 3 rings (SSSR count). The summed E-state index contributed by atoms with van der Waals surface area (Å²) in [6, 6.07) is 12.7. The number of piperazine rings is 1. The molecule has 6 heteroatoms. The normalized spacial score (nSPS) is 15.2. The molecule has 124 valence electrons. The highest BCUT2D eigenvalue weighted by Crippen LogP contribution is 2.22. The molecule has 0 bridgehead atoms. The van der Waals surface area contributed by atoms with Crippen molar-refractivity contribution in [3.63, 3.8) is 0 Å². The maximum Gasteiger partial charge on any atom is 0.146 e. The van der Waals surface area contributed by atoms with Crippen molar-refractivity contribution in [2.75, 3.05) is 43.4 Å². The van der Waals surface area contributed by atoms with E-state index in [4.69, 9.17) is 0 Å². The van der Waals surface area contributed by atoms with Crippen molar-refractivity contribution in [1.82, 2.24) is 9.88 Å². The zero-order valence-corrected chi connectivity index (χ0v) is 14.2. The van der Waals surface area contributed by atoms with Crippen LogP contribution in [0.3, 0.4) is 0 Å². The van der Waals surface area contributed by atoms with Gasteiger partial charge in [-0.05, 0) is 24.3 Å². The third-order valence-corrected chi connectivity index (χ3v) is 5.11. The SMILES string of the molecule is N#Cc1cccnc1N1CCN(CCSc2ccccc2F)CC1. The first-order chi connectivity index (χ1) is 11.8. The number of rotatable bonds is 5. The summed E-state index contributed by atoms with van der Waals surface area (Å²) in [6.45, 7) is 4.50. The zero-order valence-electron chi connectivity index (χ0n) is 13.4. The van der Waals surface area contributed by atoms with Crippen molar-refractivity contribution < 1.29 is 4.39 Å². The fourth-order valence-electron chi connectivity index (χ4n) is 2.77. The lowest BCUT2D eigenvalue weighted by Gasteiger charge is -2.35. The van der Waals surface area contributed by atoms with E-state index in [1.165, 1.54) is 6.07 Å². The van der Waals surface area contributed by atoms with E-state index in [1.54, 1.807) is 36.2 Å². The summed E-state index contributed by atoms with van der Waals surface area (Å²) in [5.41, 5.74) is 0.626. The molecule has 1 saturated heterocycles. The van der Waals surface area contributed by atoms with Crippen LogP contribution in [0, 0.1) is 17.1 Å². The molecule has 0 saturated carbocycles. The third kappa shape index (κ3) is 4.05. The van der Waals surface area contributed by atoms with Crippen molar-refractivity contribution in [1.29, 1.82) is 5.26 Å². The number of aromatic nitrogens is 1. The Hall–Kier alpha value is -2.10. The van der Waals surface area contributed by atoms with Crippen LogP contribution < -0.4 is 4.90 Å². The molecule has 0 radical (unpaired) electrons. The van der Waals surface area contributed by atoms with Crippen molar-refractivity contribution in [2.24, 2.45) is 0 Å². The predicted molar refractivity (Wildman–Crippen MR) is 94.7 cm³/mol. The maximum absolute atomic E-state index is 13.6. The number of benzene rings is 1. The lowest BCUT2D eigenvalue weighted by atomic mass is 10.2. The number of thioether (sulfide) groups is 1. The summed E-state index contributed by atoms with van der Waals surface area (Å²) in [5, 5.41) is 9.19. The zero-order chi connectivity index (χ0) is 16.8. The Labute approximate surface area is 145 Å². The van der Waals surface area contributed by atoms with Crippen molar-refractivity contribution in [2.45, 2.75) is 4.90 Å². The summed E-state index contributed by atoms with van der Waals surface area (Å²) in [7, 11) is 0. The Balaban J connectivity index is 1.47. The molecule has 1 aliphatic rings. The van der Waals surface area contributed by atoms with Gasteiger partial charge in [-0.25, -0.2) is 9.37 Å². The second kappa shape index (κ2) is 8.13. The molecule has 1 aliphatic heterocycles. The number of hydrogen-bond donors (Lipinski definition) is 0. The molecular formula is C18H19FN4S. The highest BCUT2D eigenvalue weighted by molar-refractivity contribution is 7.99. The Bertz CT molecular complexity index is 723. The van der Waals surface area contributed by atoms with Crippen LogP contribution in [0.5, 0.6) is 0 Å². The fraction of sp³-hybridized carbons (Fsp3) is 0.333. The van der Waals surface area contributed by atoms with E-state index < -0.39 is 0 Å². The van der Waals surface area contributed by atoms with Crippen molar-refractivity contribution in [3.8, 4) is 6.07 Å². The van der Waals surface area contributed by atoms with Gasteiger partial charge in [0.15, 0.2) is 0 Å². The minimum absolute atomic E-state index is 0.147. The van der Waals surface area contributed by atoms with Gasteiger partial charge in [0, 0.05) is 49.6 Å². The van der Waals surface area contributed by atoms with Crippen LogP contribution in [-0.2, 0) is 0 Å². The van der Waals surface area contributed by atoms with E-state index >= 15 is 0 Å². The van der Waals surface area contributed by atoms with Crippen molar-refractivity contribution in [3.05, 3.63) is 54.0 Å². The van der Waals surface area contributed by atoms with Gasteiger partial charge in [0.2, 0.25) is 0 Å². The molecule has 1 aromatic carbocycles. The first-order valence-corrected chi connectivity index (χ1v) is 8.96. The van der Waals surface area contributed by atoms with Crippen LogP contribution in [0.4, 0.5) is 10.2 Å². The largest absolute Gasteiger partial charge is 0.353 e. The second-order valence-electron chi connectivity index (χ2n) is 5.59. The van der Waals surface area contributed by atoms with Crippen LogP contribution in [0.25, 0.3) is 0 Å². The molecule has 0 atom stereocenters. The standard InChI is InChI=1S/C18H19FN4S/c19-16-5-1-2-6-17(16)24-13-12-22-8-10-23(11-9-22)18-15(14-20)4-3-7-21-18/h1-7H,8-13H2. The van der Waals surface area contributed by atoms with Crippen LogP contribution in [0.15, 0.2) is 47.5 Å². The molecule has 0 aliphatic carbocycles. The van der Waals surface area contributed by atoms with Gasteiger partial charge in [-0.2, -0.15) is 5.26 Å². The van der Waals surface area contributed by atoms with E-state index in [2.05, 4.69) is 20.9 Å². The van der Waals surface area contributed by atoms with Crippen molar-refractivity contribution >= 4 is 17.6 Å². The molecule has 4 nitrogen and oxygen atoms in total. The number of hydrogen-bond acceptors (Lipinski definition) is 5. The number of nitriles is 1. The Kier molecular flexibility index (Phi) is 5.68. The Morgan fingerprint density at radius 1 is 1.12 bits per heavy atom. The quantitative estimate of drug-likeness (QED) is 0.782. The minimum atomic E-state index is -0.147. The summed E-state index contributed by atoms with van der Waals surface area (Å²) in [4.78, 5) is 9.60. The summed E-state index contributed by atoms with van der Waals surface area (Å²) < 4.78 is 13.6. The third-order valence-electron chi connectivity index (χ3n) is 4.08. The lowest BCUT2D eigenvalue weighted by molar-refractivity contribution is 0.272. The van der Waals surface area contributed by atoms with Crippen LogP contribution in [-0.4, -0.2) is 48.4 Å². The summed E-state index contributed by atoms with van der Waals surface area (Å²) in [5.74, 6) is 1.50. The van der Waals surface area contributed by atoms with Gasteiger partial charge < -0.3 is 4.90 Å². The molecule has 0 amide bonds. The van der Waals surface area contributed by atoms with Crippen LogP contribution in [0.2, 0.25) is 0 Å². The first kappa shape index (κ1) is 16.7. The minimum Gasteiger partial charge on any atom is -0.353 e. The highest BCUT2D eigenvalue weighted by atomic mass is 32.2. The molecular weight excluding hydrogens is 323 g/mol. The topological polar surface area (TPSA) is 43.2 Å². The molecule has 0 spiro atoms. The van der Waals surface area contributed by atoms with Crippen LogP contribution in [0.1, 0.15) is 5.56 Å². The molecule has 2 aromatic rings. The second-order valence-corrected chi connectivity index (χ2v) is 6.73. The Morgan fingerprint density at radius 3 is 2.67 bits per heavy atom. The van der Waals surface area contributed by atoms with Crippen LogP contribution >= 0.6 is 11.8 Å². The van der Waals surface area contributed by atoms with E-state index in [0.717, 1.165) is 44.3 Å². The number of halogens is 1. The summed E-state index contributed by atoms with van der Waals surface area (Å²) >= 11 is 1.56. The Morgan fingerprint density at radius 2 is 1.92 bits per heavy atom. The predicted octanol–water partition coefficient (Wildman–Crippen LogP) is 3.01. The molecule has 1 fully saturated rings. The molecule has 1 aromatic heterocycles. The van der Waals surface area contributed by atoms with E-state index in [9.17, 15) is 9.65 Å². The monoisotopic (exact) mass is 342 g/mol. The van der Waals surface area contributed by atoms with E-state index in [0.29, 0.717) is 10.5 Å². The average Bonchev–Trinajstić information content (AvgIpc) is 2.64. The highest BCUT2D eigenvalue weighted by Gasteiger charge is 2.19. The maximum atomic E-state index is 13.6.